The van der Waals surface area contributed by atoms with Gasteiger partial charge in [-0.1, -0.05) is 30.3 Å². The Bertz CT molecular complexity index is 999. The molecule has 0 saturated heterocycles. The molecule has 0 aliphatic heterocycles. The first kappa shape index (κ1) is 13.5. The summed E-state index contributed by atoms with van der Waals surface area (Å²) in [5.74, 6) is 1.58. The third kappa shape index (κ3) is 2.29. The molecule has 5 nitrogen and oxygen atoms in total. The van der Waals surface area contributed by atoms with Crippen molar-refractivity contribution in [1.29, 1.82) is 0 Å². The van der Waals surface area contributed by atoms with Gasteiger partial charge in [-0.2, -0.15) is 5.10 Å². The molecular weight excluding hydrogens is 300 g/mol. The third-order valence-electron chi connectivity index (χ3n) is 4.52. The maximum Gasteiger partial charge on any atom is 0.181 e. The van der Waals surface area contributed by atoms with Gasteiger partial charge in [0.1, 0.15) is 0 Å². The molecule has 0 N–H and O–H groups in total. The SMILES string of the molecule is c1ccc(-c2cnn3cc(-c4ocnc4CC4CC4)cnc23)cc1. The summed E-state index contributed by atoms with van der Waals surface area (Å²) in [6, 6.07) is 10.2. The van der Waals surface area contributed by atoms with Gasteiger partial charge in [0.15, 0.2) is 17.8 Å². The van der Waals surface area contributed by atoms with E-state index in [0.717, 1.165) is 46.1 Å². The Kier molecular flexibility index (Phi) is 2.98. The molecule has 0 radical (unpaired) electrons. The van der Waals surface area contributed by atoms with E-state index < -0.39 is 0 Å². The Balaban J connectivity index is 1.56. The van der Waals surface area contributed by atoms with Crippen molar-refractivity contribution in [3.63, 3.8) is 0 Å². The molecule has 0 amide bonds. The molecule has 1 saturated carbocycles. The van der Waals surface area contributed by atoms with Crippen LogP contribution in [0.2, 0.25) is 0 Å². The van der Waals surface area contributed by atoms with Gasteiger partial charge in [-0.3, -0.25) is 0 Å². The topological polar surface area (TPSA) is 56.2 Å². The van der Waals surface area contributed by atoms with Gasteiger partial charge < -0.3 is 4.42 Å². The molecule has 1 fully saturated rings. The number of rotatable bonds is 4. The quantitative estimate of drug-likeness (QED) is 0.571. The van der Waals surface area contributed by atoms with Crippen molar-refractivity contribution in [1.82, 2.24) is 19.6 Å². The summed E-state index contributed by atoms with van der Waals surface area (Å²) in [4.78, 5) is 9.00. The maximum absolute atomic E-state index is 5.63. The number of hydrogen-bond acceptors (Lipinski definition) is 4. The van der Waals surface area contributed by atoms with Crippen molar-refractivity contribution >= 4 is 5.65 Å². The van der Waals surface area contributed by atoms with Crippen molar-refractivity contribution in [2.24, 2.45) is 5.92 Å². The largest absolute Gasteiger partial charge is 0.443 e. The van der Waals surface area contributed by atoms with Gasteiger partial charge in [0.25, 0.3) is 0 Å². The van der Waals surface area contributed by atoms with Gasteiger partial charge in [0.05, 0.1) is 17.5 Å². The maximum atomic E-state index is 5.63. The highest BCUT2D eigenvalue weighted by Crippen LogP contribution is 2.35. The van der Waals surface area contributed by atoms with Crippen LogP contribution in [0.5, 0.6) is 0 Å². The van der Waals surface area contributed by atoms with Gasteiger partial charge in [0, 0.05) is 18.0 Å². The van der Waals surface area contributed by atoms with Crippen LogP contribution >= 0.6 is 0 Å². The summed E-state index contributed by atoms with van der Waals surface area (Å²) in [6.07, 6.45) is 10.8. The Labute approximate surface area is 139 Å². The zero-order chi connectivity index (χ0) is 15.9. The van der Waals surface area contributed by atoms with Crippen LogP contribution in [0.4, 0.5) is 0 Å². The third-order valence-corrected chi connectivity index (χ3v) is 4.52. The van der Waals surface area contributed by atoms with Crippen molar-refractivity contribution in [3.8, 4) is 22.5 Å². The van der Waals surface area contributed by atoms with E-state index in [0.29, 0.717) is 0 Å². The molecule has 0 atom stereocenters. The first-order valence-electron chi connectivity index (χ1n) is 8.20. The lowest BCUT2D eigenvalue weighted by molar-refractivity contribution is 0.569. The van der Waals surface area contributed by atoms with Crippen LogP contribution in [-0.4, -0.2) is 19.6 Å². The lowest BCUT2D eigenvalue weighted by Crippen LogP contribution is -1.95. The average molecular weight is 316 g/mol. The Hall–Kier alpha value is -2.95. The molecule has 0 unspecified atom stereocenters. The van der Waals surface area contributed by atoms with E-state index in [1.807, 2.05) is 36.8 Å². The van der Waals surface area contributed by atoms with Crippen molar-refractivity contribution < 1.29 is 4.42 Å². The Morgan fingerprint density at radius 2 is 1.92 bits per heavy atom. The Morgan fingerprint density at radius 3 is 2.75 bits per heavy atom. The summed E-state index contributed by atoms with van der Waals surface area (Å²) in [7, 11) is 0. The van der Waals surface area contributed by atoms with E-state index in [1.54, 1.807) is 4.52 Å². The summed E-state index contributed by atoms with van der Waals surface area (Å²) in [5.41, 5.74) is 4.92. The van der Waals surface area contributed by atoms with Gasteiger partial charge in [0.2, 0.25) is 0 Å². The summed E-state index contributed by atoms with van der Waals surface area (Å²) < 4.78 is 7.43. The molecule has 0 spiro atoms. The highest BCUT2D eigenvalue weighted by Gasteiger charge is 2.25. The second kappa shape index (κ2) is 5.30. The normalized spacial score (nSPS) is 14.3. The second-order valence-electron chi connectivity index (χ2n) is 6.31. The summed E-state index contributed by atoms with van der Waals surface area (Å²) in [6.45, 7) is 0. The number of benzene rings is 1. The minimum atomic E-state index is 0.764. The van der Waals surface area contributed by atoms with Crippen LogP contribution in [0.25, 0.3) is 28.1 Å². The van der Waals surface area contributed by atoms with Crippen LogP contribution in [0.15, 0.2) is 59.7 Å². The minimum Gasteiger partial charge on any atom is -0.443 e. The molecule has 118 valence electrons. The molecule has 5 rings (SSSR count). The molecule has 0 bridgehead atoms. The van der Waals surface area contributed by atoms with Crippen LogP contribution in [-0.2, 0) is 6.42 Å². The van der Waals surface area contributed by atoms with E-state index in [4.69, 9.17) is 4.42 Å². The minimum absolute atomic E-state index is 0.764. The smallest absolute Gasteiger partial charge is 0.181 e. The van der Waals surface area contributed by atoms with Crippen LogP contribution < -0.4 is 0 Å². The first-order valence-corrected chi connectivity index (χ1v) is 8.20. The molecule has 1 aliphatic carbocycles. The van der Waals surface area contributed by atoms with Crippen molar-refractivity contribution in [2.75, 3.05) is 0 Å². The second-order valence-corrected chi connectivity index (χ2v) is 6.31. The lowest BCUT2D eigenvalue weighted by Gasteiger charge is -2.02. The fourth-order valence-electron chi connectivity index (χ4n) is 3.06. The van der Waals surface area contributed by atoms with E-state index >= 15 is 0 Å². The van der Waals surface area contributed by atoms with E-state index in [2.05, 4.69) is 27.2 Å². The van der Waals surface area contributed by atoms with Crippen LogP contribution in [0, 0.1) is 5.92 Å². The predicted molar refractivity (Wildman–Crippen MR) is 90.3 cm³/mol. The standard InChI is InChI=1S/C19H16N4O/c1-2-4-14(5-3-1)16-10-22-23-11-15(9-20-19(16)23)18-17(21-12-24-18)8-13-6-7-13/h1-5,9-13H,6-8H2. The van der Waals surface area contributed by atoms with Gasteiger partial charge in [-0.15, -0.1) is 0 Å². The van der Waals surface area contributed by atoms with Crippen molar-refractivity contribution in [3.05, 3.63) is 61.0 Å². The average Bonchev–Trinajstić information content (AvgIpc) is 3.16. The van der Waals surface area contributed by atoms with E-state index in [1.165, 1.54) is 19.2 Å². The van der Waals surface area contributed by atoms with Crippen LogP contribution in [0.3, 0.4) is 0 Å². The first-order chi connectivity index (χ1) is 11.9. The number of aromatic nitrogens is 4. The lowest BCUT2D eigenvalue weighted by atomic mass is 10.1. The molecule has 5 heteroatoms. The molecule has 1 aliphatic rings. The van der Waals surface area contributed by atoms with Crippen molar-refractivity contribution in [2.45, 2.75) is 19.3 Å². The fraction of sp³-hybridized carbons (Fsp3) is 0.211. The van der Waals surface area contributed by atoms with E-state index in [-0.39, 0.29) is 0 Å². The molecule has 1 aromatic carbocycles. The molecule has 3 aromatic heterocycles. The summed E-state index contributed by atoms with van der Waals surface area (Å²) >= 11 is 0. The Morgan fingerprint density at radius 1 is 1.04 bits per heavy atom. The molecule has 24 heavy (non-hydrogen) atoms. The molecule has 4 aromatic rings. The van der Waals surface area contributed by atoms with E-state index in [9.17, 15) is 0 Å². The highest BCUT2D eigenvalue weighted by molar-refractivity contribution is 5.77. The zero-order valence-corrected chi connectivity index (χ0v) is 13.1. The zero-order valence-electron chi connectivity index (χ0n) is 13.1. The van der Waals surface area contributed by atoms with Gasteiger partial charge >= 0.3 is 0 Å². The number of oxazole rings is 1. The molecule has 3 heterocycles. The highest BCUT2D eigenvalue weighted by atomic mass is 16.3. The fourth-order valence-corrected chi connectivity index (χ4v) is 3.06. The molecular formula is C19H16N4O. The van der Waals surface area contributed by atoms with Gasteiger partial charge in [-0.05, 0) is 30.7 Å². The monoisotopic (exact) mass is 316 g/mol. The predicted octanol–water partition coefficient (Wildman–Crippen LogP) is 4.00. The number of fused-ring (bicyclic) bond motifs is 1. The summed E-state index contributed by atoms with van der Waals surface area (Å²) in [5, 5.41) is 4.46. The van der Waals surface area contributed by atoms with Crippen LogP contribution in [0.1, 0.15) is 18.5 Å². The van der Waals surface area contributed by atoms with Gasteiger partial charge in [-0.25, -0.2) is 14.5 Å². The number of nitrogens with zero attached hydrogens (tertiary/aromatic N) is 4. The number of hydrogen-bond donors (Lipinski definition) is 0.